The average molecular weight is 249 g/mol. The van der Waals surface area contributed by atoms with Crippen molar-refractivity contribution in [2.24, 2.45) is 5.92 Å². The molecule has 0 saturated heterocycles. The molecule has 0 spiro atoms. The van der Waals surface area contributed by atoms with Gasteiger partial charge in [-0.15, -0.1) is 0 Å². The number of ether oxygens (including phenoxy) is 1. The van der Waals surface area contributed by atoms with E-state index in [2.05, 4.69) is 12.2 Å². The van der Waals surface area contributed by atoms with Crippen molar-refractivity contribution in [1.29, 1.82) is 0 Å². The number of hydrogen-bond acceptors (Lipinski definition) is 2. The van der Waals surface area contributed by atoms with Gasteiger partial charge in [-0.3, -0.25) is 0 Å². The summed E-state index contributed by atoms with van der Waals surface area (Å²) in [4.78, 5) is 0. The molecule has 0 bridgehead atoms. The fourth-order valence-corrected chi connectivity index (χ4v) is 2.83. The van der Waals surface area contributed by atoms with Gasteiger partial charge in [0.05, 0.1) is 0 Å². The summed E-state index contributed by atoms with van der Waals surface area (Å²) in [5, 5.41) is 3.56. The lowest BCUT2D eigenvalue weighted by Crippen LogP contribution is -2.41. The SMILES string of the molecule is CC(NCC1Cc2cc(F)ccc2O1)C1CCC1. The molecule has 3 heteroatoms. The normalized spacial score (nSPS) is 24.2. The van der Waals surface area contributed by atoms with Gasteiger partial charge in [0, 0.05) is 24.6 Å². The number of fused-ring (bicyclic) bond motifs is 1. The Balaban J connectivity index is 1.51. The maximum atomic E-state index is 13.1. The second-order valence-electron chi connectivity index (χ2n) is 5.58. The summed E-state index contributed by atoms with van der Waals surface area (Å²) in [5.41, 5.74) is 0.998. The highest BCUT2D eigenvalue weighted by Crippen LogP contribution is 2.31. The van der Waals surface area contributed by atoms with Crippen LogP contribution in [0.2, 0.25) is 0 Å². The van der Waals surface area contributed by atoms with Crippen LogP contribution in [-0.4, -0.2) is 18.7 Å². The molecule has 2 atom stereocenters. The molecule has 2 aliphatic rings. The van der Waals surface area contributed by atoms with Crippen molar-refractivity contribution < 1.29 is 9.13 Å². The third-order valence-corrected chi connectivity index (χ3v) is 4.29. The van der Waals surface area contributed by atoms with E-state index in [1.54, 1.807) is 12.1 Å². The number of halogens is 1. The first-order chi connectivity index (χ1) is 8.72. The molecule has 1 aliphatic carbocycles. The maximum absolute atomic E-state index is 13.1. The van der Waals surface area contributed by atoms with Crippen LogP contribution in [-0.2, 0) is 6.42 Å². The average Bonchev–Trinajstić information content (AvgIpc) is 2.65. The van der Waals surface area contributed by atoms with Gasteiger partial charge in [0.2, 0.25) is 0 Å². The van der Waals surface area contributed by atoms with E-state index in [-0.39, 0.29) is 11.9 Å². The van der Waals surface area contributed by atoms with Crippen molar-refractivity contribution in [2.75, 3.05) is 6.54 Å². The molecule has 18 heavy (non-hydrogen) atoms. The molecule has 1 N–H and O–H groups in total. The van der Waals surface area contributed by atoms with Crippen LogP contribution in [0.4, 0.5) is 4.39 Å². The zero-order valence-corrected chi connectivity index (χ0v) is 10.8. The highest BCUT2D eigenvalue weighted by Gasteiger charge is 2.27. The molecule has 0 aromatic heterocycles. The topological polar surface area (TPSA) is 21.3 Å². The molecule has 1 heterocycles. The van der Waals surface area contributed by atoms with Crippen molar-refractivity contribution in [3.63, 3.8) is 0 Å². The van der Waals surface area contributed by atoms with Crippen LogP contribution in [0.1, 0.15) is 31.7 Å². The molecule has 2 unspecified atom stereocenters. The Bertz CT molecular complexity index is 431. The Labute approximate surface area is 108 Å². The molecule has 0 radical (unpaired) electrons. The van der Waals surface area contributed by atoms with Gasteiger partial charge in [-0.2, -0.15) is 0 Å². The highest BCUT2D eigenvalue weighted by atomic mass is 19.1. The van der Waals surface area contributed by atoms with Crippen LogP contribution in [0.25, 0.3) is 0 Å². The van der Waals surface area contributed by atoms with E-state index >= 15 is 0 Å². The van der Waals surface area contributed by atoms with Gasteiger partial charge < -0.3 is 10.1 Å². The molecule has 98 valence electrons. The summed E-state index contributed by atoms with van der Waals surface area (Å²) in [6, 6.07) is 5.36. The molecule has 3 rings (SSSR count). The van der Waals surface area contributed by atoms with Gasteiger partial charge in [-0.1, -0.05) is 6.42 Å². The lowest BCUT2D eigenvalue weighted by Gasteiger charge is -2.32. The van der Waals surface area contributed by atoms with Crippen molar-refractivity contribution in [3.8, 4) is 5.75 Å². The first-order valence-electron chi connectivity index (χ1n) is 6.91. The van der Waals surface area contributed by atoms with E-state index in [4.69, 9.17) is 4.74 Å². The van der Waals surface area contributed by atoms with Crippen LogP contribution in [0.5, 0.6) is 5.75 Å². The first kappa shape index (κ1) is 12.0. The largest absolute Gasteiger partial charge is 0.488 e. The van der Waals surface area contributed by atoms with Crippen LogP contribution >= 0.6 is 0 Å². The summed E-state index contributed by atoms with van der Waals surface area (Å²) in [6.45, 7) is 3.11. The van der Waals surface area contributed by atoms with E-state index in [0.717, 1.165) is 30.2 Å². The van der Waals surface area contributed by atoms with Crippen LogP contribution in [0, 0.1) is 11.7 Å². The van der Waals surface area contributed by atoms with E-state index in [1.807, 2.05) is 0 Å². The smallest absolute Gasteiger partial charge is 0.123 e. The van der Waals surface area contributed by atoms with Gasteiger partial charge in [-0.05, 0) is 43.9 Å². The van der Waals surface area contributed by atoms with E-state index in [1.165, 1.54) is 25.3 Å². The molecule has 2 nitrogen and oxygen atoms in total. The number of nitrogens with one attached hydrogen (secondary N) is 1. The summed E-state index contributed by atoms with van der Waals surface area (Å²) in [7, 11) is 0. The zero-order chi connectivity index (χ0) is 12.5. The molecule has 1 aliphatic heterocycles. The standard InChI is InChI=1S/C15H20FNO/c1-10(11-3-2-4-11)17-9-14-8-12-7-13(16)5-6-15(12)18-14/h5-7,10-11,14,17H,2-4,8-9H2,1H3. The van der Waals surface area contributed by atoms with Gasteiger partial charge >= 0.3 is 0 Å². The molecule has 0 amide bonds. The summed E-state index contributed by atoms with van der Waals surface area (Å²) < 4.78 is 18.9. The third kappa shape index (κ3) is 2.37. The summed E-state index contributed by atoms with van der Waals surface area (Å²) >= 11 is 0. The van der Waals surface area contributed by atoms with Crippen LogP contribution in [0.15, 0.2) is 18.2 Å². The lowest BCUT2D eigenvalue weighted by atomic mass is 9.80. The predicted octanol–water partition coefficient (Wildman–Crippen LogP) is 2.91. The molecular weight excluding hydrogens is 229 g/mol. The number of rotatable bonds is 4. The Hall–Kier alpha value is -1.09. The van der Waals surface area contributed by atoms with Crippen molar-refractivity contribution >= 4 is 0 Å². The molecule has 1 aromatic rings. The fourth-order valence-electron chi connectivity index (χ4n) is 2.83. The summed E-state index contributed by atoms with van der Waals surface area (Å²) in [6.07, 6.45) is 5.05. The van der Waals surface area contributed by atoms with Gasteiger partial charge in [-0.25, -0.2) is 4.39 Å². The zero-order valence-electron chi connectivity index (χ0n) is 10.8. The third-order valence-electron chi connectivity index (χ3n) is 4.29. The molecular formula is C15H20FNO. The highest BCUT2D eigenvalue weighted by molar-refractivity contribution is 5.37. The molecule has 1 saturated carbocycles. The second-order valence-corrected chi connectivity index (χ2v) is 5.58. The minimum absolute atomic E-state index is 0.157. The maximum Gasteiger partial charge on any atom is 0.123 e. The first-order valence-corrected chi connectivity index (χ1v) is 6.91. The van der Waals surface area contributed by atoms with E-state index in [0.29, 0.717) is 6.04 Å². The van der Waals surface area contributed by atoms with Gasteiger partial charge in [0.25, 0.3) is 0 Å². The Morgan fingerprint density at radius 2 is 2.28 bits per heavy atom. The minimum atomic E-state index is -0.172. The van der Waals surface area contributed by atoms with Gasteiger partial charge in [0.1, 0.15) is 17.7 Å². The van der Waals surface area contributed by atoms with E-state index < -0.39 is 0 Å². The Morgan fingerprint density at radius 1 is 1.44 bits per heavy atom. The van der Waals surface area contributed by atoms with E-state index in [9.17, 15) is 4.39 Å². The molecule has 1 aromatic carbocycles. The minimum Gasteiger partial charge on any atom is -0.488 e. The van der Waals surface area contributed by atoms with Crippen molar-refractivity contribution in [1.82, 2.24) is 5.32 Å². The van der Waals surface area contributed by atoms with Crippen molar-refractivity contribution in [3.05, 3.63) is 29.6 Å². The Kier molecular flexibility index (Phi) is 3.25. The molecule has 1 fully saturated rings. The Morgan fingerprint density at radius 3 is 3.00 bits per heavy atom. The fraction of sp³-hybridized carbons (Fsp3) is 0.600. The summed E-state index contributed by atoms with van der Waals surface area (Å²) in [5.74, 6) is 1.51. The van der Waals surface area contributed by atoms with Crippen LogP contribution in [0.3, 0.4) is 0 Å². The second kappa shape index (κ2) is 4.88. The van der Waals surface area contributed by atoms with Crippen molar-refractivity contribution in [2.45, 2.75) is 44.8 Å². The number of benzene rings is 1. The monoisotopic (exact) mass is 249 g/mol. The predicted molar refractivity (Wildman–Crippen MR) is 69.3 cm³/mol. The van der Waals surface area contributed by atoms with Crippen LogP contribution < -0.4 is 10.1 Å². The quantitative estimate of drug-likeness (QED) is 0.886. The number of hydrogen-bond donors (Lipinski definition) is 1. The lowest BCUT2D eigenvalue weighted by molar-refractivity contribution is 0.191. The van der Waals surface area contributed by atoms with Gasteiger partial charge in [0.15, 0.2) is 0 Å².